The van der Waals surface area contributed by atoms with Gasteiger partial charge in [-0.1, -0.05) is 0 Å². The molecule has 5 nitrogen and oxygen atoms in total. The Hall–Kier alpha value is 0.120. The average Bonchev–Trinajstić information content (AvgIpc) is 1.76. The zero-order valence-corrected chi connectivity index (χ0v) is 11.3. The number of halogens is 1. The lowest BCUT2D eigenvalue weighted by atomic mass is 10.1. The topological polar surface area (TPSA) is 80.4 Å². The van der Waals surface area contributed by atoms with E-state index < -0.39 is 10.1 Å². The monoisotopic (exact) mass is 260 g/mol. The summed E-state index contributed by atoms with van der Waals surface area (Å²) in [7, 11) is -0.0920. The van der Waals surface area contributed by atoms with Crippen molar-refractivity contribution in [3.8, 4) is 0 Å². The highest BCUT2D eigenvalue weighted by molar-refractivity contribution is 7.85. The molecule has 3 N–H and O–H groups in total. The van der Waals surface area contributed by atoms with E-state index in [9.17, 15) is 8.42 Å². The lowest BCUT2D eigenvalue weighted by Crippen LogP contribution is -3.00. The van der Waals surface area contributed by atoms with Gasteiger partial charge < -0.3 is 22.6 Å². The summed E-state index contributed by atoms with van der Waals surface area (Å²) in [5.74, 6) is -0.226. The van der Waals surface area contributed by atoms with E-state index in [2.05, 4.69) is 0 Å². The van der Waals surface area contributed by atoms with Crippen molar-refractivity contribution in [2.45, 2.75) is 19.4 Å². The van der Waals surface area contributed by atoms with E-state index in [4.69, 9.17) is 10.3 Å². The molecule has 0 fully saturated rings. The first-order valence-corrected chi connectivity index (χ1v) is 6.08. The molecule has 0 saturated heterocycles. The second kappa shape index (κ2) is 5.45. The van der Waals surface area contributed by atoms with Crippen LogP contribution in [0.4, 0.5) is 0 Å². The Bertz CT molecular complexity index is 283. The van der Waals surface area contributed by atoms with Gasteiger partial charge in [0.2, 0.25) is 0 Å². The zero-order valence-electron chi connectivity index (χ0n) is 9.70. The fourth-order valence-electron chi connectivity index (χ4n) is 1.54. The number of nitrogens with zero attached hydrogens (tertiary/aromatic N) is 1. The predicted octanol–water partition coefficient (Wildman–Crippen LogP) is -3.31. The summed E-state index contributed by atoms with van der Waals surface area (Å²) in [6.45, 7) is 4.79. The summed E-state index contributed by atoms with van der Waals surface area (Å²) in [6.07, 6.45) is 0. The molecule has 0 bridgehead atoms. The van der Waals surface area contributed by atoms with Crippen molar-refractivity contribution in [2.75, 3.05) is 32.9 Å². The summed E-state index contributed by atoms with van der Waals surface area (Å²) in [5, 5.41) is 0. The van der Waals surface area contributed by atoms with Crippen LogP contribution in [0, 0.1) is 0 Å². The summed E-state index contributed by atoms with van der Waals surface area (Å²) < 4.78 is 30.2. The van der Waals surface area contributed by atoms with Crippen molar-refractivity contribution in [3.05, 3.63) is 0 Å². The Morgan fingerprint density at radius 1 is 1.33 bits per heavy atom. The van der Waals surface area contributed by atoms with Crippen LogP contribution in [0.2, 0.25) is 0 Å². The van der Waals surface area contributed by atoms with Gasteiger partial charge in [0.05, 0.1) is 32.7 Å². The number of hydrogen-bond donors (Lipinski definition) is 2. The van der Waals surface area contributed by atoms with Gasteiger partial charge >= 0.3 is 0 Å². The summed E-state index contributed by atoms with van der Waals surface area (Å²) in [5.41, 5.74) is 5.49. The fraction of sp³-hybridized carbons (Fsp3) is 1.00. The Kier molecular flexibility index (Phi) is 6.36. The van der Waals surface area contributed by atoms with E-state index in [0.717, 1.165) is 0 Å². The Morgan fingerprint density at radius 2 is 1.73 bits per heavy atom. The molecule has 0 rings (SSSR count). The third-order valence-electron chi connectivity index (χ3n) is 1.79. The minimum atomic E-state index is -3.87. The Balaban J connectivity index is 0. The average molecular weight is 261 g/mol. The van der Waals surface area contributed by atoms with E-state index in [1.807, 2.05) is 27.9 Å². The summed E-state index contributed by atoms with van der Waals surface area (Å²) in [4.78, 5) is 0. The number of hydrogen-bond acceptors (Lipinski definition) is 3. The maximum atomic E-state index is 10.6. The maximum Gasteiger partial charge on any atom is 0.270 e. The van der Waals surface area contributed by atoms with Gasteiger partial charge in [-0.15, -0.1) is 0 Å². The molecule has 94 valence electrons. The van der Waals surface area contributed by atoms with Gasteiger partial charge in [0, 0.05) is 0 Å². The summed E-state index contributed by atoms with van der Waals surface area (Å²) >= 11 is 0. The van der Waals surface area contributed by atoms with Crippen LogP contribution >= 0.6 is 0 Å². The molecule has 0 aromatic heterocycles. The number of rotatable bonds is 5. The van der Waals surface area contributed by atoms with Gasteiger partial charge in [0.15, 0.2) is 0 Å². The quantitative estimate of drug-likeness (QED) is 0.401. The van der Waals surface area contributed by atoms with Crippen molar-refractivity contribution in [1.82, 2.24) is 0 Å². The van der Waals surface area contributed by atoms with Gasteiger partial charge in [-0.05, 0) is 13.8 Å². The highest BCUT2D eigenvalue weighted by atomic mass is 35.5. The second-order valence-electron chi connectivity index (χ2n) is 5.09. The highest BCUT2D eigenvalue weighted by Gasteiger charge is 2.26. The minimum absolute atomic E-state index is 0. The smallest absolute Gasteiger partial charge is 0.270 e. The molecule has 0 radical (unpaired) electrons. The van der Waals surface area contributed by atoms with Crippen LogP contribution in [0.15, 0.2) is 0 Å². The molecular weight excluding hydrogens is 240 g/mol. The highest BCUT2D eigenvalue weighted by Crippen LogP contribution is 2.07. The summed E-state index contributed by atoms with van der Waals surface area (Å²) in [6, 6.07) is 0. The first kappa shape index (κ1) is 17.5. The normalized spacial score (nSPS) is 13.5. The van der Waals surface area contributed by atoms with Crippen LogP contribution in [0.1, 0.15) is 13.8 Å². The van der Waals surface area contributed by atoms with Gasteiger partial charge in [-0.25, -0.2) is 0 Å². The molecule has 0 saturated carbocycles. The van der Waals surface area contributed by atoms with E-state index >= 15 is 0 Å². The van der Waals surface area contributed by atoms with Gasteiger partial charge in [0.1, 0.15) is 5.75 Å². The number of likely N-dealkylation sites (N-methyl/N-ethyl adjacent to an activating group) is 1. The van der Waals surface area contributed by atoms with Crippen LogP contribution in [-0.2, 0) is 10.1 Å². The van der Waals surface area contributed by atoms with E-state index in [0.29, 0.717) is 17.6 Å². The Labute approximate surface area is 98.4 Å². The predicted molar refractivity (Wildman–Crippen MR) is 56.5 cm³/mol. The van der Waals surface area contributed by atoms with E-state index in [-0.39, 0.29) is 23.7 Å². The molecule has 0 aliphatic carbocycles. The standard InChI is InChI=1S/C8H20N2O3S.ClH/c1-8(2,9)7-10(3,4)5-6-14(11,12)13;/h5-7,9H2,1-4H3;1H. The molecular formula is C8H21ClN2O3S. The molecule has 0 aromatic carbocycles. The van der Waals surface area contributed by atoms with Crippen LogP contribution in [-0.4, -0.2) is 55.9 Å². The number of nitrogens with two attached hydrogens (primary N) is 1. The lowest BCUT2D eigenvalue weighted by Gasteiger charge is -2.35. The molecule has 0 heterocycles. The lowest BCUT2D eigenvalue weighted by molar-refractivity contribution is -0.891. The molecule has 0 unspecified atom stereocenters. The molecule has 0 aromatic rings. The first-order valence-electron chi connectivity index (χ1n) is 4.47. The number of quaternary nitrogens is 1. The molecule has 0 aliphatic rings. The van der Waals surface area contributed by atoms with Gasteiger partial charge in [-0.2, -0.15) is 8.42 Å². The van der Waals surface area contributed by atoms with Crippen molar-refractivity contribution in [1.29, 1.82) is 0 Å². The molecule has 0 spiro atoms. The molecule has 0 aliphatic heterocycles. The van der Waals surface area contributed by atoms with Crippen molar-refractivity contribution >= 4 is 10.1 Å². The second-order valence-corrected chi connectivity index (χ2v) is 6.66. The van der Waals surface area contributed by atoms with E-state index in [1.165, 1.54) is 0 Å². The van der Waals surface area contributed by atoms with Gasteiger partial charge in [-0.3, -0.25) is 4.55 Å². The largest absolute Gasteiger partial charge is 1.00 e. The SMILES string of the molecule is CC(C)(N)C[N+](C)(C)CCS(=O)(=O)O.[Cl-]. The van der Waals surface area contributed by atoms with Crippen LogP contribution in [0.3, 0.4) is 0 Å². The molecule has 7 heteroatoms. The third-order valence-corrected chi connectivity index (χ3v) is 2.49. The molecule has 15 heavy (non-hydrogen) atoms. The van der Waals surface area contributed by atoms with Crippen LogP contribution in [0.5, 0.6) is 0 Å². The first-order chi connectivity index (χ1) is 5.91. The zero-order chi connectivity index (χ0) is 11.6. The van der Waals surface area contributed by atoms with Gasteiger partial charge in [0.25, 0.3) is 10.1 Å². The maximum absolute atomic E-state index is 10.6. The van der Waals surface area contributed by atoms with Crippen molar-refractivity contribution < 1.29 is 29.9 Å². The fourth-order valence-corrected chi connectivity index (χ4v) is 2.27. The van der Waals surface area contributed by atoms with Crippen LogP contribution in [0.25, 0.3) is 0 Å². The Morgan fingerprint density at radius 3 is 2.00 bits per heavy atom. The third kappa shape index (κ3) is 12.0. The molecule has 0 atom stereocenters. The van der Waals surface area contributed by atoms with Crippen molar-refractivity contribution in [3.63, 3.8) is 0 Å². The minimum Gasteiger partial charge on any atom is -1.00 e. The van der Waals surface area contributed by atoms with Crippen LogP contribution < -0.4 is 18.1 Å². The van der Waals surface area contributed by atoms with E-state index in [1.54, 1.807) is 0 Å². The molecule has 0 amide bonds. The van der Waals surface area contributed by atoms with Crippen molar-refractivity contribution in [2.24, 2.45) is 5.73 Å².